The van der Waals surface area contributed by atoms with E-state index in [0.717, 1.165) is 16.6 Å². The van der Waals surface area contributed by atoms with Gasteiger partial charge in [-0.25, -0.2) is 0 Å². The number of aromatic nitrogens is 1. The molecule has 0 spiro atoms. The highest BCUT2D eigenvalue weighted by Crippen LogP contribution is 2.39. The fourth-order valence-corrected chi connectivity index (χ4v) is 4.36. The van der Waals surface area contributed by atoms with Crippen molar-refractivity contribution in [1.29, 1.82) is 0 Å². The SMILES string of the molecule is NCCOCCOCCNC(=O)CN=C/C=C(\N)c1cc(Cl)c(Cl)c2[nH]c3c(c12)CN(C(=O)CO)CC3. The molecule has 0 bridgehead atoms. The van der Waals surface area contributed by atoms with Crippen LogP contribution in [-0.2, 0) is 32.0 Å². The van der Waals surface area contributed by atoms with Gasteiger partial charge >= 0.3 is 0 Å². The second-order valence-corrected chi connectivity index (χ2v) is 9.04. The predicted octanol–water partition coefficient (Wildman–Crippen LogP) is 0.830. The number of rotatable bonds is 13. The minimum Gasteiger partial charge on any atom is -0.398 e. The number of carbonyl (C=O) groups is 2. The maximum Gasteiger partial charge on any atom is 0.248 e. The van der Waals surface area contributed by atoms with E-state index in [0.29, 0.717) is 85.8 Å². The Bertz CT molecular complexity index is 1170. The van der Waals surface area contributed by atoms with E-state index in [1.165, 1.54) is 6.21 Å². The fourth-order valence-electron chi connectivity index (χ4n) is 3.96. The maximum atomic E-state index is 12.1. The van der Waals surface area contributed by atoms with Crippen LogP contribution in [0.4, 0.5) is 0 Å². The summed E-state index contributed by atoms with van der Waals surface area (Å²) < 4.78 is 10.5. The van der Waals surface area contributed by atoms with Gasteiger partial charge in [-0.3, -0.25) is 14.6 Å². The fraction of sp³-hybridized carbons (Fsp3) is 0.458. The monoisotopic (exact) mass is 554 g/mol. The number of hydrogen-bond donors (Lipinski definition) is 5. The standard InChI is InChI=1S/C24H32Cl2N6O5/c25-17-11-15(18(28)1-4-29-12-20(34)30-5-8-37-10-9-36-7-3-27)22-16-13-32(21(35)14-33)6-2-19(16)31-24(22)23(17)26/h1,4,11,31,33H,2-3,5-10,12-14,27-28H2,(H,30,34)/b18-1-,29-4?. The number of aromatic amines is 1. The second-order valence-electron chi connectivity index (χ2n) is 8.25. The minimum absolute atomic E-state index is 0.0715. The molecule has 2 amide bonds. The van der Waals surface area contributed by atoms with Crippen LogP contribution in [0.2, 0.25) is 10.0 Å². The Hall–Kier alpha value is -2.67. The number of nitrogens with zero attached hydrogens (tertiary/aromatic N) is 2. The molecule has 0 saturated carbocycles. The number of nitrogens with one attached hydrogen (secondary N) is 2. The molecule has 0 atom stereocenters. The Labute approximate surface area is 224 Å². The van der Waals surface area contributed by atoms with Gasteiger partial charge in [0, 0.05) is 66.7 Å². The van der Waals surface area contributed by atoms with Gasteiger partial charge in [-0.1, -0.05) is 23.2 Å². The second kappa shape index (κ2) is 14.3. The summed E-state index contributed by atoms with van der Waals surface area (Å²) in [6, 6.07) is 1.67. The predicted molar refractivity (Wildman–Crippen MR) is 144 cm³/mol. The number of aliphatic hydroxyl groups excluding tert-OH is 1. The van der Waals surface area contributed by atoms with Crippen LogP contribution < -0.4 is 16.8 Å². The molecule has 2 heterocycles. The maximum absolute atomic E-state index is 12.1. The van der Waals surface area contributed by atoms with Crippen LogP contribution in [0.5, 0.6) is 0 Å². The summed E-state index contributed by atoms with van der Waals surface area (Å²) in [7, 11) is 0. The highest BCUT2D eigenvalue weighted by Gasteiger charge is 2.27. The molecule has 0 unspecified atom stereocenters. The summed E-state index contributed by atoms with van der Waals surface area (Å²) in [5.41, 5.74) is 15.1. The van der Waals surface area contributed by atoms with Gasteiger partial charge < -0.3 is 41.2 Å². The molecule has 7 N–H and O–H groups in total. The van der Waals surface area contributed by atoms with Crippen molar-refractivity contribution in [3.63, 3.8) is 0 Å². The molecular formula is C24H32Cl2N6O5. The molecule has 0 aliphatic carbocycles. The zero-order chi connectivity index (χ0) is 26.8. The Morgan fingerprint density at radius 1 is 1.24 bits per heavy atom. The Morgan fingerprint density at radius 3 is 2.73 bits per heavy atom. The summed E-state index contributed by atoms with van der Waals surface area (Å²) in [6.07, 6.45) is 3.61. The van der Waals surface area contributed by atoms with Gasteiger partial charge in [0.15, 0.2) is 0 Å². The molecule has 1 aliphatic heterocycles. The molecule has 0 radical (unpaired) electrons. The van der Waals surface area contributed by atoms with Gasteiger partial charge in [0.1, 0.15) is 13.2 Å². The molecule has 11 nitrogen and oxygen atoms in total. The number of nitrogens with two attached hydrogens (primary N) is 2. The van der Waals surface area contributed by atoms with Crippen LogP contribution in [0.15, 0.2) is 17.1 Å². The van der Waals surface area contributed by atoms with E-state index in [1.54, 1.807) is 17.0 Å². The third kappa shape index (κ3) is 7.67. The normalized spacial score (nSPS) is 13.9. The Balaban J connectivity index is 1.63. The average molecular weight is 555 g/mol. The van der Waals surface area contributed by atoms with Crippen LogP contribution in [0, 0.1) is 0 Å². The Kier molecular flexibility index (Phi) is 11.2. The largest absolute Gasteiger partial charge is 0.398 e. The van der Waals surface area contributed by atoms with Crippen LogP contribution in [0.3, 0.4) is 0 Å². The molecule has 0 fully saturated rings. The van der Waals surface area contributed by atoms with E-state index < -0.39 is 6.61 Å². The van der Waals surface area contributed by atoms with Crippen molar-refractivity contribution < 1.29 is 24.2 Å². The van der Waals surface area contributed by atoms with Crippen molar-refractivity contribution in [3.8, 4) is 0 Å². The lowest BCUT2D eigenvalue weighted by molar-refractivity contribution is -0.135. The van der Waals surface area contributed by atoms with Gasteiger partial charge in [0.2, 0.25) is 11.8 Å². The molecule has 1 aromatic heterocycles. The molecule has 1 aliphatic rings. The van der Waals surface area contributed by atoms with Crippen LogP contribution in [0.1, 0.15) is 16.8 Å². The lowest BCUT2D eigenvalue weighted by atomic mass is 9.99. The number of H-pyrrole nitrogens is 1. The molecule has 0 saturated heterocycles. The third-order valence-corrected chi connectivity index (χ3v) is 6.53. The summed E-state index contributed by atoms with van der Waals surface area (Å²) in [5.74, 6) is -0.602. The van der Waals surface area contributed by atoms with Gasteiger partial charge in [-0.05, 0) is 12.1 Å². The molecule has 2 aromatic rings. The van der Waals surface area contributed by atoms with Crippen LogP contribution >= 0.6 is 23.2 Å². The van der Waals surface area contributed by atoms with Crippen LogP contribution in [0.25, 0.3) is 16.6 Å². The quantitative estimate of drug-likeness (QED) is 0.180. The first kappa shape index (κ1) is 28.9. The minimum atomic E-state index is -0.555. The zero-order valence-corrected chi connectivity index (χ0v) is 21.9. The van der Waals surface area contributed by atoms with E-state index in [4.69, 9.17) is 44.1 Å². The molecule has 202 valence electrons. The number of fused-ring (bicyclic) bond motifs is 3. The molecule has 13 heteroatoms. The first-order chi connectivity index (χ1) is 17.9. The summed E-state index contributed by atoms with van der Waals surface area (Å²) in [4.78, 5) is 33.0. The van der Waals surface area contributed by atoms with E-state index in [9.17, 15) is 14.7 Å². The average Bonchev–Trinajstić information content (AvgIpc) is 3.28. The topological polar surface area (TPSA) is 168 Å². The highest BCUT2D eigenvalue weighted by molar-refractivity contribution is 6.45. The van der Waals surface area contributed by atoms with Gasteiger partial charge in [-0.15, -0.1) is 0 Å². The molecular weight excluding hydrogens is 523 g/mol. The van der Waals surface area contributed by atoms with E-state index in [1.807, 2.05) is 0 Å². The molecule has 1 aromatic carbocycles. The van der Waals surface area contributed by atoms with Crippen molar-refractivity contribution in [2.24, 2.45) is 16.5 Å². The first-order valence-corrected chi connectivity index (χ1v) is 12.6. The van der Waals surface area contributed by atoms with Gasteiger partial charge in [0.05, 0.1) is 42.0 Å². The number of allylic oxidation sites excluding steroid dienone is 1. The van der Waals surface area contributed by atoms with Gasteiger partial charge in [0.25, 0.3) is 0 Å². The van der Waals surface area contributed by atoms with Crippen molar-refractivity contribution in [3.05, 3.63) is 39.0 Å². The van der Waals surface area contributed by atoms with Crippen molar-refractivity contribution in [2.75, 3.05) is 59.2 Å². The molecule has 3 rings (SSSR count). The lowest BCUT2D eigenvalue weighted by Gasteiger charge is -2.27. The van der Waals surface area contributed by atoms with E-state index in [2.05, 4.69) is 15.3 Å². The third-order valence-electron chi connectivity index (χ3n) is 5.74. The number of halogens is 2. The smallest absolute Gasteiger partial charge is 0.248 e. The highest BCUT2D eigenvalue weighted by atomic mass is 35.5. The first-order valence-electron chi connectivity index (χ1n) is 11.9. The number of amides is 2. The van der Waals surface area contributed by atoms with Crippen molar-refractivity contribution in [2.45, 2.75) is 13.0 Å². The number of aliphatic imine (C=N–C) groups is 1. The van der Waals surface area contributed by atoms with Crippen molar-refractivity contribution >= 4 is 57.8 Å². The van der Waals surface area contributed by atoms with Crippen molar-refractivity contribution in [1.82, 2.24) is 15.2 Å². The number of ether oxygens (including phenoxy) is 2. The number of aliphatic hydroxyl groups is 1. The van der Waals surface area contributed by atoms with Crippen LogP contribution in [-0.4, -0.2) is 92.2 Å². The molecule has 37 heavy (non-hydrogen) atoms. The van der Waals surface area contributed by atoms with Gasteiger partial charge in [-0.2, -0.15) is 0 Å². The number of hydrogen-bond acceptors (Lipinski definition) is 8. The summed E-state index contributed by atoms with van der Waals surface area (Å²) >= 11 is 12.8. The summed E-state index contributed by atoms with van der Waals surface area (Å²) in [5, 5.41) is 13.4. The number of carbonyl (C=O) groups excluding carboxylic acids is 2. The zero-order valence-electron chi connectivity index (χ0n) is 20.4. The lowest BCUT2D eigenvalue weighted by Crippen LogP contribution is -2.37. The van der Waals surface area contributed by atoms with E-state index >= 15 is 0 Å². The summed E-state index contributed by atoms with van der Waals surface area (Å²) in [6.45, 7) is 2.74. The number of benzene rings is 1. The van der Waals surface area contributed by atoms with E-state index in [-0.39, 0.29) is 18.4 Å². The Morgan fingerprint density at radius 2 is 2.00 bits per heavy atom.